The van der Waals surface area contributed by atoms with Gasteiger partial charge in [-0.15, -0.1) is 11.3 Å². The maximum Gasteiger partial charge on any atom is 0.347 e. The number of allylic oxidation sites excluding steroid dienone is 1. The normalized spacial score (nSPS) is 13.9. The van der Waals surface area contributed by atoms with Crippen molar-refractivity contribution in [1.29, 1.82) is 0 Å². The Bertz CT molecular complexity index is 1100. The summed E-state index contributed by atoms with van der Waals surface area (Å²) in [6.07, 6.45) is 1.72. The summed E-state index contributed by atoms with van der Waals surface area (Å²) >= 11 is 1.52. The first-order chi connectivity index (χ1) is 13.6. The smallest absolute Gasteiger partial charge is 0.347 e. The number of aryl methyl sites for hydroxylation is 1. The Hall–Kier alpha value is -3.38. The lowest BCUT2D eigenvalue weighted by molar-refractivity contribution is 0.0731. The highest BCUT2D eigenvalue weighted by molar-refractivity contribution is 7.10. The number of benzene rings is 2. The van der Waals surface area contributed by atoms with Crippen LogP contribution in [0.4, 0.5) is 0 Å². The molecule has 0 N–H and O–H groups in total. The minimum Gasteiger partial charge on any atom is -0.496 e. The summed E-state index contributed by atoms with van der Waals surface area (Å²) in [5.41, 5.74) is 1.48. The number of ketones is 1. The minimum absolute atomic E-state index is 0.177. The number of Topliss-reactive ketones (excluding diaryl/α,β-unsaturated/α-hetero) is 1. The molecule has 3 aromatic rings. The van der Waals surface area contributed by atoms with Gasteiger partial charge in [0, 0.05) is 17.0 Å². The molecular weight excluding hydrogens is 376 g/mol. The van der Waals surface area contributed by atoms with Crippen molar-refractivity contribution in [2.24, 2.45) is 0 Å². The largest absolute Gasteiger partial charge is 0.496 e. The second-order valence-electron chi connectivity index (χ2n) is 6.16. The summed E-state index contributed by atoms with van der Waals surface area (Å²) in [6.45, 7) is 1.79. The van der Waals surface area contributed by atoms with Crippen molar-refractivity contribution in [1.82, 2.24) is 0 Å². The molecule has 1 aliphatic heterocycles. The molecule has 0 amide bonds. The van der Waals surface area contributed by atoms with Gasteiger partial charge in [0.1, 0.15) is 22.8 Å². The standard InChI is InChI=1S/C22H16O5S/c1-13-10-14(26-22(24)16-7-3-4-8-17(16)25-2)11-18-20(13)21(23)19(27-18)12-15-6-5-9-28-15/h3-12H,1-2H3/b19-12-. The third-order valence-electron chi connectivity index (χ3n) is 4.30. The van der Waals surface area contributed by atoms with Crippen LogP contribution < -0.4 is 14.2 Å². The average Bonchev–Trinajstić information content (AvgIpc) is 3.30. The molecule has 4 rings (SSSR count). The van der Waals surface area contributed by atoms with Crippen molar-refractivity contribution in [3.8, 4) is 17.2 Å². The average molecular weight is 392 g/mol. The van der Waals surface area contributed by atoms with Crippen molar-refractivity contribution in [3.63, 3.8) is 0 Å². The van der Waals surface area contributed by atoms with Gasteiger partial charge in [-0.3, -0.25) is 4.79 Å². The number of hydrogen-bond donors (Lipinski definition) is 0. The quantitative estimate of drug-likeness (QED) is 0.359. The molecular formula is C22H16O5S. The number of carbonyl (C=O) groups excluding carboxylic acids is 2. The van der Waals surface area contributed by atoms with Gasteiger partial charge in [-0.1, -0.05) is 18.2 Å². The predicted octanol–water partition coefficient (Wildman–Crippen LogP) is 4.90. The molecule has 0 bridgehead atoms. The van der Waals surface area contributed by atoms with Gasteiger partial charge in [0.05, 0.1) is 12.7 Å². The maximum absolute atomic E-state index is 12.7. The molecule has 0 fully saturated rings. The van der Waals surface area contributed by atoms with E-state index in [2.05, 4.69) is 0 Å². The van der Waals surface area contributed by atoms with Gasteiger partial charge in [-0.05, 0) is 42.1 Å². The zero-order valence-electron chi connectivity index (χ0n) is 15.2. The SMILES string of the molecule is COc1ccccc1C(=O)Oc1cc(C)c2c(c1)O/C(=C\c1cccs1)C2=O. The number of hydrogen-bond acceptors (Lipinski definition) is 6. The first-order valence-electron chi connectivity index (χ1n) is 8.54. The van der Waals surface area contributed by atoms with Crippen LogP contribution in [0.25, 0.3) is 6.08 Å². The number of ether oxygens (including phenoxy) is 3. The van der Waals surface area contributed by atoms with Gasteiger partial charge in [0.25, 0.3) is 0 Å². The number of fused-ring (bicyclic) bond motifs is 1. The van der Waals surface area contributed by atoms with Crippen LogP contribution >= 0.6 is 11.3 Å². The molecule has 0 radical (unpaired) electrons. The second-order valence-corrected chi connectivity index (χ2v) is 7.14. The molecule has 1 aliphatic rings. The first-order valence-corrected chi connectivity index (χ1v) is 9.42. The number of carbonyl (C=O) groups is 2. The summed E-state index contributed by atoms with van der Waals surface area (Å²) in [4.78, 5) is 26.1. The first kappa shape index (κ1) is 18.0. The van der Waals surface area contributed by atoms with Crippen molar-refractivity contribution < 1.29 is 23.8 Å². The Morgan fingerprint density at radius 3 is 2.71 bits per heavy atom. The van der Waals surface area contributed by atoms with Gasteiger partial charge in [0.15, 0.2) is 5.76 Å². The van der Waals surface area contributed by atoms with Crippen LogP contribution in [-0.4, -0.2) is 18.9 Å². The highest BCUT2D eigenvalue weighted by Gasteiger charge is 2.30. The van der Waals surface area contributed by atoms with E-state index in [0.29, 0.717) is 33.9 Å². The molecule has 0 saturated carbocycles. The van der Waals surface area contributed by atoms with Gasteiger partial charge >= 0.3 is 5.97 Å². The van der Waals surface area contributed by atoms with Gasteiger partial charge in [-0.2, -0.15) is 0 Å². The Morgan fingerprint density at radius 1 is 1.14 bits per heavy atom. The van der Waals surface area contributed by atoms with Gasteiger partial charge in [0.2, 0.25) is 5.78 Å². The van der Waals surface area contributed by atoms with E-state index < -0.39 is 5.97 Å². The van der Waals surface area contributed by atoms with E-state index in [0.717, 1.165) is 4.88 Å². The summed E-state index contributed by atoms with van der Waals surface area (Å²) in [5, 5.41) is 1.93. The predicted molar refractivity (Wildman–Crippen MR) is 106 cm³/mol. The lowest BCUT2D eigenvalue weighted by atomic mass is 10.0. The molecule has 0 atom stereocenters. The highest BCUT2D eigenvalue weighted by Crippen LogP contribution is 2.38. The Morgan fingerprint density at radius 2 is 1.96 bits per heavy atom. The van der Waals surface area contributed by atoms with Gasteiger partial charge < -0.3 is 14.2 Å². The van der Waals surface area contributed by atoms with Crippen molar-refractivity contribution in [3.05, 3.63) is 81.2 Å². The van der Waals surface area contributed by atoms with E-state index in [1.807, 2.05) is 17.5 Å². The van der Waals surface area contributed by atoms with E-state index in [-0.39, 0.29) is 11.5 Å². The van der Waals surface area contributed by atoms with Crippen LogP contribution in [0.2, 0.25) is 0 Å². The van der Waals surface area contributed by atoms with Crippen LogP contribution in [0.1, 0.15) is 31.2 Å². The zero-order chi connectivity index (χ0) is 19.7. The summed E-state index contributed by atoms with van der Waals surface area (Å²) in [7, 11) is 1.49. The minimum atomic E-state index is -0.546. The summed E-state index contributed by atoms with van der Waals surface area (Å²) < 4.78 is 16.4. The molecule has 5 nitrogen and oxygen atoms in total. The Balaban J connectivity index is 1.62. The fourth-order valence-electron chi connectivity index (χ4n) is 3.01. The number of esters is 1. The van der Waals surface area contributed by atoms with Crippen LogP contribution in [0.15, 0.2) is 59.7 Å². The van der Waals surface area contributed by atoms with Crippen molar-refractivity contribution in [2.75, 3.05) is 7.11 Å². The van der Waals surface area contributed by atoms with Crippen molar-refractivity contribution >= 4 is 29.2 Å². The fraction of sp³-hybridized carbons (Fsp3) is 0.0909. The number of thiophene rings is 1. The van der Waals surface area contributed by atoms with E-state index in [4.69, 9.17) is 14.2 Å². The molecule has 0 spiro atoms. The molecule has 0 saturated heterocycles. The number of para-hydroxylation sites is 1. The number of methoxy groups -OCH3 is 1. The zero-order valence-corrected chi connectivity index (χ0v) is 16.0. The monoisotopic (exact) mass is 392 g/mol. The van der Waals surface area contributed by atoms with E-state index >= 15 is 0 Å². The molecule has 28 heavy (non-hydrogen) atoms. The lowest BCUT2D eigenvalue weighted by Gasteiger charge is -2.10. The third kappa shape index (κ3) is 3.30. The van der Waals surface area contributed by atoms with Crippen LogP contribution in [-0.2, 0) is 0 Å². The maximum atomic E-state index is 12.7. The topological polar surface area (TPSA) is 61.8 Å². The molecule has 0 aliphatic carbocycles. The van der Waals surface area contributed by atoms with E-state index in [1.165, 1.54) is 18.4 Å². The third-order valence-corrected chi connectivity index (χ3v) is 5.12. The van der Waals surface area contributed by atoms with Crippen LogP contribution in [0.3, 0.4) is 0 Å². The molecule has 6 heteroatoms. The molecule has 1 aromatic heterocycles. The van der Waals surface area contributed by atoms with E-state index in [9.17, 15) is 9.59 Å². The Labute approximate surface area is 165 Å². The molecule has 0 unspecified atom stereocenters. The van der Waals surface area contributed by atoms with Crippen molar-refractivity contribution in [2.45, 2.75) is 6.92 Å². The van der Waals surface area contributed by atoms with Crippen LogP contribution in [0.5, 0.6) is 17.2 Å². The van der Waals surface area contributed by atoms with Crippen LogP contribution in [0, 0.1) is 6.92 Å². The fourth-order valence-corrected chi connectivity index (χ4v) is 3.66. The van der Waals surface area contributed by atoms with E-state index in [1.54, 1.807) is 49.4 Å². The number of rotatable bonds is 4. The summed E-state index contributed by atoms with van der Waals surface area (Å²) in [5.74, 6) is 0.652. The molecule has 2 aromatic carbocycles. The molecule has 2 heterocycles. The molecule has 140 valence electrons. The second kappa shape index (κ2) is 7.32. The van der Waals surface area contributed by atoms with Gasteiger partial charge in [-0.25, -0.2) is 4.79 Å². The highest BCUT2D eigenvalue weighted by atomic mass is 32.1. The lowest BCUT2D eigenvalue weighted by Crippen LogP contribution is -2.10. The summed E-state index contributed by atoms with van der Waals surface area (Å²) in [6, 6.07) is 13.9. The Kier molecular flexibility index (Phi) is 4.71.